The third-order valence-electron chi connectivity index (χ3n) is 3.90. The highest BCUT2D eigenvalue weighted by molar-refractivity contribution is 5.96. The van der Waals surface area contributed by atoms with Crippen LogP contribution in [0.25, 0.3) is 27.7 Å². The molecule has 0 aliphatic heterocycles. The highest BCUT2D eigenvalue weighted by Gasteiger charge is 2.11. The second-order valence-electron chi connectivity index (χ2n) is 5.29. The molecule has 0 atom stereocenters. The van der Waals surface area contributed by atoms with E-state index in [0.717, 1.165) is 16.9 Å². The number of rotatable bonds is 4. The normalized spacial score (nSPS) is 11.2. The van der Waals surface area contributed by atoms with Crippen LogP contribution in [0.5, 0.6) is 0 Å². The van der Waals surface area contributed by atoms with Crippen LogP contribution in [0.15, 0.2) is 61.1 Å². The lowest BCUT2D eigenvalue weighted by atomic mass is 10.0. The third kappa shape index (κ3) is 2.31. The molecule has 5 heteroatoms. The largest absolute Gasteiger partial charge is 0.395 e. The molecule has 0 unspecified atom stereocenters. The lowest BCUT2D eigenvalue weighted by Crippen LogP contribution is -2.08. The van der Waals surface area contributed by atoms with Gasteiger partial charge in [0.15, 0.2) is 11.5 Å². The number of nitrogens with one attached hydrogen (secondary N) is 1. The average Bonchev–Trinajstić information content (AvgIpc) is 3.04. The molecule has 114 valence electrons. The van der Waals surface area contributed by atoms with Crippen molar-refractivity contribution in [2.45, 2.75) is 0 Å². The first-order valence-electron chi connectivity index (χ1n) is 7.53. The molecule has 23 heavy (non-hydrogen) atoms. The van der Waals surface area contributed by atoms with E-state index in [1.807, 2.05) is 28.9 Å². The molecule has 0 aliphatic carbocycles. The molecule has 4 aromatic rings. The Kier molecular flexibility index (Phi) is 3.40. The number of aliphatic hydroxyl groups is 1. The van der Waals surface area contributed by atoms with Gasteiger partial charge in [-0.15, -0.1) is 0 Å². The Balaban J connectivity index is 1.92. The quantitative estimate of drug-likeness (QED) is 0.608. The van der Waals surface area contributed by atoms with E-state index >= 15 is 0 Å². The van der Waals surface area contributed by atoms with Crippen molar-refractivity contribution in [3.8, 4) is 11.3 Å². The summed E-state index contributed by atoms with van der Waals surface area (Å²) in [5.74, 6) is 0.674. The number of aromatic nitrogens is 3. The van der Waals surface area contributed by atoms with Crippen LogP contribution in [0.3, 0.4) is 0 Å². The van der Waals surface area contributed by atoms with Gasteiger partial charge in [0.05, 0.1) is 18.5 Å². The predicted octanol–water partition coefficient (Wildman–Crippen LogP) is 2.95. The van der Waals surface area contributed by atoms with Crippen molar-refractivity contribution in [3.63, 3.8) is 0 Å². The summed E-state index contributed by atoms with van der Waals surface area (Å²) in [6.07, 6.45) is 5.51. The molecule has 0 amide bonds. The number of hydrogen-bond acceptors (Lipinski definition) is 4. The molecule has 0 spiro atoms. The van der Waals surface area contributed by atoms with E-state index in [2.05, 4.69) is 45.6 Å². The Morgan fingerprint density at radius 3 is 2.83 bits per heavy atom. The highest BCUT2D eigenvalue weighted by atomic mass is 16.3. The number of aliphatic hydroxyl groups excluding tert-OH is 1. The van der Waals surface area contributed by atoms with Gasteiger partial charge in [-0.1, -0.05) is 42.5 Å². The van der Waals surface area contributed by atoms with Crippen LogP contribution in [0.2, 0.25) is 0 Å². The summed E-state index contributed by atoms with van der Waals surface area (Å²) in [5.41, 5.74) is 2.91. The van der Waals surface area contributed by atoms with Crippen molar-refractivity contribution in [1.29, 1.82) is 0 Å². The van der Waals surface area contributed by atoms with Crippen molar-refractivity contribution in [2.24, 2.45) is 0 Å². The smallest absolute Gasteiger partial charge is 0.180 e. The highest BCUT2D eigenvalue weighted by Crippen LogP contribution is 2.29. The van der Waals surface area contributed by atoms with Gasteiger partial charge in [0.25, 0.3) is 0 Å². The van der Waals surface area contributed by atoms with E-state index in [1.54, 1.807) is 6.20 Å². The fourth-order valence-corrected chi connectivity index (χ4v) is 2.87. The molecule has 5 nitrogen and oxygen atoms in total. The number of imidazole rings is 1. The van der Waals surface area contributed by atoms with E-state index < -0.39 is 0 Å². The number of nitrogens with zero attached hydrogens (tertiary/aromatic N) is 3. The maximum atomic E-state index is 8.98. The lowest BCUT2D eigenvalue weighted by molar-refractivity contribution is 0.311. The van der Waals surface area contributed by atoms with Gasteiger partial charge < -0.3 is 10.4 Å². The predicted molar refractivity (Wildman–Crippen MR) is 91.5 cm³/mol. The second-order valence-corrected chi connectivity index (χ2v) is 5.29. The maximum Gasteiger partial charge on any atom is 0.180 e. The van der Waals surface area contributed by atoms with Crippen LogP contribution < -0.4 is 5.32 Å². The van der Waals surface area contributed by atoms with Gasteiger partial charge in [-0.3, -0.25) is 4.40 Å². The first kappa shape index (κ1) is 13.7. The van der Waals surface area contributed by atoms with Crippen LogP contribution in [0.4, 0.5) is 5.82 Å². The van der Waals surface area contributed by atoms with Crippen LogP contribution >= 0.6 is 0 Å². The number of fused-ring (bicyclic) bond motifs is 2. The van der Waals surface area contributed by atoms with Crippen molar-refractivity contribution in [2.75, 3.05) is 18.5 Å². The zero-order chi connectivity index (χ0) is 15.6. The van der Waals surface area contributed by atoms with Crippen molar-refractivity contribution in [1.82, 2.24) is 14.4 Å². The zero-order valence-electron chi connectivity index (χ0n) is 12.5. The molecular formula is C18H16N4O. The molecule has 0 bridgehead atoms. The molecule has 0 radical (unpaired) electrons. The lowest BCUT2D eigenvalue weighted by Gasteiger charge is -2.08. The fraction of sp³-hybridized carbons (Fsp3) is 0.111. The summed E-state index contributed by atoms with van der Waals surface area (Å²) in [5, 5.41) is 14.5. The number of hydrogen-bond donors (Lipinski definition) is 2. The molecule has 0 saturated carbocycles. The Labute approximate surface area is 133 Å². The molecule has 2 N–H and O–H groups in total. The van der Waals surface area contributed by atoms with Gasteiger partial charge in [0, 0.05) is 24.5 Å². The minimum atomic E-state index is 0.0552. The van der Waals surface area contributed by atoms with Crippen LogP contribution in [-0.2, 0) is 0 Å². The van der Waals surface area contributed by atoms with E-state index in [1.165, 1.54) is 10.8 Å². The van der Waals surface area contributed by atoms with E-state index in [9.17, 15) is 0 Å². The van der Waals surface area contributed by atoms with Crippen molar-refractivity contribution >= 4 is 22.2 Å². The molecular weight excluding hydrogens is 288 g/mol. The summed E-state index contributed by atoms with van der Waals surface area (Å²) in [6.45, 7) is 0.503. The monoisotopic (exact) mass is 304 g/mol. The first-order chi connectivity index (χ1) is 11.4. The summed E-state index contributed by atoms with van der Waals surface area (Å²) in [7, 11) is 0. The summed E-state index contributed by atoms with van der Waals surface area (Å²) >= 11 is 0. The average molecular weight is 304 g/mol. The molecule has 0 aliphatic rings. The van der Waals surface area contributed by atoms with Crippen molar-refractivity contribution in [3.05, 3.63) is 61.1 Å². The van der Waals surface area contributed by atoms with E-state index in [0.29, 0.717) is 12.4 Å². The van der Waals surface area contributed by atoms with Gasteiger partial charge in [-0.05, 0) is 10.8 Å². The van der Waals surface area contributed by atoms with Crippen molar-refractivity contribution < 1.29 is 5.11 Å². The third-order valence-corrected chi connectivity index (χ3v) is 3.90. The first-order valence-corrected chi connectivity index (χ1v) is 7.53. The molecule has 2 aromatic heterocycles. The van der Waals surface area contributed by atoms with Crippen LogP contribution in [-0.4, -0.2) is 32.6 Å². The van der Waals surface area contributed by atoms with Crippen LogP contribution in [0.1, 0.15) is 0 Å². The summed E-state index contributed by atoms with van der Waals surface area (Å²) in [4.78, 5) is 8.82. The van der Waals surface area contributed by atoms with Gasteiger partial charge >= 0.3 is 0 Å². The SMILES string of the molecule is OCCNc1nccn2c(-c3cccc4ccccc34)cnc12. The van der Waals surface area contributed by atoms with Gasteiger partial charge in [0.1, 0.15) is 0 Å². The maximum absolute atomic E-state index is 8.98. The summed E-state index contributed by atoms with van der Waals surface area (Å²) < 4.78 is 2.02. The van der Waals surface area contributed by atoms with Crippen LogP contribution in [0, 0.1) is 0 Å². The minimum absolute atomic E-state index is 0.0552. The second kappa shape index (κ2) is 5.70. The Bertz CT molecular complexity index is 972. The van der Waals surface area contributed by atoms with E-state index in [4.69, 9.17) is 5.11 Å². The Hall–Kier alpha value is -2.92. The molecule has 4 rings (SSSR count). The van der Waals surface area contributed by atoms with Gasteiger partial charge in [0.2, 0.25) is 0 Å². The van der Waals surface area contributed by atoms with E-state index in [-0.39, 0.29) is 6.61 Å². The number of anilines is 1. The molecule has 2 aromatic carbocycles. The number of benzene rings is 2. The topological polar surface area (TPSA) is 62.5 Å². The Morgan fingerprint density at radius 2 is 1.91 bits per heavy atom. The Morgan fingerprint density at radius 1 is 1.04 bits per heavy atom. The molecule has 0 fully saturated rings. The van der Waals surface area contributed by atoms with Gasteiger partial charge in [-0.2, -0.15) is 0 Å². The molecule has 2 heterocycles. The summed E-state index contributed by atoms with van der Waals surface area (Å²) in [6, 6.07) is 14.6. The minimum Gasteiger partial charge on any atom is -0.395 e. The molecule has 0 saturated heterocycles. The van der Waals surface area contributed by atoms with Gasteiger partial charge in [-0.25, -0.2) is 9.97 Å². The fourth-order valence-electron chi connectivity index (χ4n) is 2.87. The standard InChI is InChI=1S/C18H16N4O/c23-11-9-20-17-18-21-12-16(22(18)10-8-19-17)15-7-3-5-13-4-1-2-6-14(13)15/h1-8,10,12,23H,9,11H2,(H,19,20). The zero-order valence-corrected chi connectivity index (χ0v) is 12.5.